The summed E-state index contributed by atoms with van der Waals surface area (Å²) < 4.78 is 0.878. The van der Waals surface area contributed by atoms with E-state index >= 15 is 0 Å². The second-order valence-electron chi connectivity index (χ2n) is 3.34. The Bertz CT molecular complexity index is 582. The van der Waals surface area contributed by atoms with Crippen molar-refractivity contribution in [2.24, 2.45) is 10.9 Å². The third-order valence-electron chi connectivity index (χ3n) is 2.07. The van der Waals surface area contributed by atoms with Gasteiger partial charge in [-0.15, -0.1) is 11.3 Å². The lowest BCUT2D eigenvalue weighted by Gasteiger charge is -2.00. The molecule has 2 rings (SSSR count). The van der Waals surface area contributed by atoms with Crippen molar-refractivity contribution >= 4 is 39.1 Å². The van der Waals surface area contributed by atoms with Crippen molar-refractivity contribution < 1.29 is 9.63 Å². The first-order valence-corrected chi connectivity index (χ1v) is 6.68. The molecule has 0 aliphatic rings. The number of thiophene rings is 1. The van der Waals surface area contributed by atoms with Gasteiger partial charge in [0, 0.05) is 10.0 Å². The van der Waals surface area contributed by atoms with Gasteiger partial charge in [0.05, 0.1) is 0 Å². The van der Waals surface area contributed by atoms with Crippen LogP contribution >= 0.6 is 27.3 Å². The third kappa shape index (κ3) is 3.18. The van der Waals surface area contributed by atoms with Crippen molar-refractivity contribution in [2.45, 2.75) is 0 Å². The van der Waals surface area contributed by atoms with Crippen molar-refractivity contribution in [1.82, 2.24) is 0 Å². The molecule has 18 heavy (non-hydrogen) atoms. The van der Waals surface area contributed by atoms with Gasteiger partial charge in [-0.1, -0.05) is 39.3 Å². The molecule has 4 nitrogen and oxygen atoms in total. The Morgan fingerprint density at radius 3 is 2.83 bits per heavy atom. The Kier molecular flexibility index (Phi) is 4.11. The van der Waals surface area contributed by atoms with Crippen molar-refractivity contribution in [3.05, 3.63) is 56.7 Å². The maximum Gasteiger partial charge on any atom is 0.375 e. The van der Waals surface area contributed by atoms with E-state index in [0.717, 1.165) is 4.47 Å². The fraction of sp³-hybridized carbons (Fsp3) is 0. The average molecular weight is 325 g/mol. The van der Waals surface area contributed by atoms with Crippen molar-refractivity contribution in [3.63, 3.8) is 0 Å². The maximum absolute atomic E-state index is 11.5. The Labute approximate surface area is 116 Å². The number of halogens is 1. The summed E-state index contributed by atoms with van der Waals surface area (Å²) in [5.41, 5.74) is 6.40. The third-order valence-corrected chi connectivity index (χ3v) is 3.41. The molecule has 0 aliphatic carbocycles. The van der Waals surface area contributed by atoms with Crippen LogP contribution in [0.15, 0.2) is 51.4 Å². The van der Waals surface area contributed by atoms with Gasteiger partial charge >= 0.3 is 5.97 Å². The molecule has 1 aromatic heterocycles. The Hall–Kier alpha value is -1.66. The molecule has 0 unspecified atom stereocenters. The van der Waals surface area contributed by atoms with E-state index in [-0.39, 0.29) is 5.84 Å². The molecule has 6 heteroatoms. The van der Waals surface area contributed by atoms with E-state index in [1.807, 2.05) is 12.1 Å². The number of carbonyl (C=O) groups excluding carboxylic acids is 1. The topological polar surface area (TPSA) is 64.7 Å². The summed E-state index contributed by atoms with van der Waals surface area (Å²) in [5.74, 6) is -0.357. The van der Waals surface area contributed by atoms with Crippen LogP contribution in [0.1, 0.15) is 15.2 Å². The van der Waals surface area contributed by atoms with Crippen LogP contribution in [0.4, 0.5) is 0 Å². The minimum Gasteiger partial charge on any atom is -0.380 e. The second kappa shape index (κ2) is 5.79. The summed E-state index contributed by atoms with van der Waals surface area (Å²) >= 11 is 4.61. The molecule has 0 amide bonds. The summed E-state index contributed by atoms with van der Waals surface area (Å²) in [6.07, 6.45) is 0. The predicted octanol–water partition coefficient (Wildman–Crippen LogP) is 2.99. The number of oxime groups is 1. The monoisotopic (exact) mass is 324 g/mol. The lowest BCUT2D eigenvalue weighted by molar-refractivity contribution is 0.0522. The number of rotatable bonds is 3. The minimum atomic E-state index is -0.511. The van der Waals surface area contributed by atoms with E-state index in [0.29, 0.717) is 10.4 Å². The minimum absolute atomic E-state index is 0.154. The van der Waals surface area contributed by atoms with Crippen molar-refractivity contribution in [1.29, 1.82) is 0 Å². The fourth-order valence-corrected chi connectivity index (χ4v) is 2.22. The van der Waals surface area contributed by atoms with Gasteiger partial charge < -0.3 is 10.6 Å². The summed E-state index contributed by atoms with van der Waals surface area (Å²) in [5, 5.41) is 5.41. The average Bonchev–Trinajstić information content (AvgIpc) is 2.89. The van der Waals surface area contributed by atoms with E-state index in [1.54, 1.807) is 29.6 Å². The van der Waals surface area contributed by atoms with Crippen LogP contribution in [0.5, 0.6) is 0 Å². The van der Waals surface area contributed by atoms with E-state index < -0.39 is 5.97 Å². The number of amidine groups is 1. The Morgan fingerprint density at radius 2 is 2.17 bits per heavy atom. The van der Waals surface area contributed by atoms with Gasteiger partial charge in [0.2, 0.25) is 0 Å². The van der Waals surface area contributed by atoms with Gasteiger partial charge in [-0.2, -0.15) is 0 Å². The zero-order valence-electron chi connectivity index (χ0n) is 9.17. The molecule has 0 bridgehead atoms. The highest BCUT2D eigenvalue weighted by atomic mass is 79.9. The zero-order valence-corrected chi connectivity index (χ0v) is 11.6. The number of nitrogens with zero attached hydrogens (tertiary/aromatic N) is 1. The van der Waals surface area contributed by atoms with Crippen LogP contribution in [0.2, 0.25) is 0 Å². The zero-order chi connectivity index (χ0) is 13.0. The molecular weight excluding hydrogens is 316 g/mol. The summed E-state index contributed by atoms with van der Waals surface area (Å²) in [4.78, 5) is 16.8. The number of carbonyl (C=O) groups is 1. The van der Waals surface area contributed by atoms with E-state index in [9.17, 15) is 4.79 Å². The van der Waals surface area contributed by atoms with Crippen LogP contribution in [0, 0.1) is 0 Å². The Balaban J connectivity index is 2.08. The largest absolute Gasteiger partial charge is 0.380 e. The van der Waals surface area contributed by atoms with Gasteiger partial charge in [0.15, 0.2) is 5.84 Å². The van der Waals surface area contributed by atoms with Crippen LogP contribution < -0.4 is 5.73 Å². The first-order chi connectivity index (χ1) is 8.66. The smallest absolute Gasteiger partial charge is 0.375 e. The Morgan fingerprint density at radius 1 is 1.33 bits per heavy atom. The van der Waals surface area contributed by atoms with Gasteiger partial charge in [-0.05, 0) is 23.6 Å². The number of nitrogens with two attached hydrogens (primary N) is 1. The van der Waals surface area contributed by atoms with Crippen LogP contribution in [0.3, 0.4) is 0 Å². The van der Waals surface area contributed by atoms with Gasteiger partial charge in [0.1, 0.15) is 4.88 Å². The van der Waals surface area contributed by atoms with Crippen LogP contribution in [-0.2, 0) is 4.84 Å². The first kappa shape index (κ1) is 12.8. The molecule has 2 aromatic rings. The second-order valence-corrected chi connectivity index (χ2v) is 5.21. The quantitative estimate of drug-likeness (QED) is 0.408. The molecule has 0 fully saturated rings. The molecule has 0 saturated heterocycles. The molecular formula is C12H9BrN2O2S. The van der Waals surface area contributed by atoms with Gasteiger partial charge in [-0.3, -0.25) is 0 Å². The molecule has 1 heterocycles. The maximum atomic E-state index is 11.5. The SMILES string of the molecule is N/C(=N\OC(=O)c1cccs1)c1cccc(Br)c1. The predicted molar refractivity (Wildman–Crippen MR) is 74.6 cm³/mol. The van der Waals surface area contributed by atoms with Crippen molar-refractivity contribution in [3.8, 4) is 0 Å². The van der Waals surface area contributed by atoms with E-state index in [2.05, 4.69) is 21.1 Å². The highest BCUT2D eigenvalue weighted by molar-refractivity contribution is 9.10. The molecule has 0 radical (unpaired) electrons. The number of benzene rings is 1. The van der Waals surface area contributed by atoms with Crippen LogP contribution in [0.25, 0.3) is 0 Å². The molecule has 0 aliphatic heterocycles. The molecule has 2 N–H and O–H groups in total. The van der Waals surface area contributed by atoms with Crippen molar-refractivity contribution in [2.75, 3.05) is 0 Å². The van der Waals surface area contributed by atoms with Gasteiger partial charge in [-0.25, -0.2) is 4.79 Å². The fourth-order valence-electron chi connectivity index (χ4n) is 1.23. The summed E-state index contributed by atoms with van der Waals surface area (Å²) in [7, 11) is 0. The molecule has 1 aromatic carbocycles. The molecule has 0 saturated carbocycles. The molecule has 0 atom stereocenters. The first-order valence-electron chi connectivity index (χ1n) is 5.01. The van der Waals surface area contributed by atoms with E-state index in [1.165, 1.54) is 11.3 Å². The lowest BCUT2D eigenvalue weighted by Crippen LogP contribution is -2.15. The molecule has 92 valence electrons. The summed E-state index contributed by atoms with van der Waals surface area (Å²) in [6.45, 7) is 0. The normalized spacial score (nSPS) is 11.3. The van der Waals surface area contributed by atoms with Crippen LogP contribution in [-0.4, -0.2) is 11.8 Å². The highest BCUT2D eigenvalue weighted by Crippen LogP contribution is 2.12. The number of hydrogen-bond donors (Lipinski definition) is 1. The van der Waals surface area contributed by atoms with Gasteiger partial charge in [0.25, 0.3) is 0 Å². The molecule has 0 spiro atoms. The van der Waals surface area contributed by atoms with E-state index in [4.69, 9.17) is 10.6 Å². The summed E-state index contributed by atoms with van der Waals surface area (Å²) in [6, 6.07) is 10.7. The standard InChI is InChI=1S/C12H9BrN2O2S/c13-9-4-1-3-8(7-9)11(14)15-17-12(16)10-5-2-6-18-10/h1-7H,(H2,14,15). The number of hydrogen-bond acceptors (Lipinski definition) is 4. The lowest BCUT2D eigenvalue weighted by atomic mass is 10.2. The highest BCUT2D eigenvalue weighted by Gasteiger charge is 2.08.